The quantitative estimate of drug-likeness (QED) is 0.891. The van der Waals surface area contributed by atoms with Crippen molar-refractivity contribution < 1.29 is 4.74 Å². The topological polar surface area (TPSA) is 34.1 Å². The lowest BCUT2D eigenvalue weighted by atomic mass is 10.1. The number of ether oxygens (including phenoxy) is 1. The Morgan fingerprint density at radius 2 is 2.16 bits per heavy atom. The molecular weight excluding hydrogens is 260 g/mol. The molecule has 1 N–H and O–H groups in total. The van der Waals surface area contributed by atoms with Crippen molar-refractivity contribution in [3.63, 3.8) is 0 Å². The monoisotopic (exact) mass is 278 g/mol. The first kappa shape index (κ1) is 14.1. The van der Waals surface area contributed by atoms with Gasteiger partial charge in [-0.1, -0.05) is 24.6 Å². The molecule has 1 aromatic carbocycles. The largest absolute Gasteiger partial charge is 0.384 e. The molecule has 0 aliphatic carbocycles. The van der Waals surface area contributed by atoms with Crippen LogP contribution in [0.4, 0.5) is 5.69 Å². The van der Waals surface area contributed by atoms with E-state index in [2.05, 4.69) is 24.1 Å². The number of nitrogens with zero attached hydrogens (tertiary/aromatic N) is 1. The van der Waals surface area contributed by atoms with E-state index >= 15 is 0 Å². The molecule has 0 atom stereocenters. The standard InChI is InChI=1S/C15H19ClN2O/c1-4-7-17-13-8-11(9-19-3)18-15-12(16)6-5-10(2)14(13)15/h5-6,8H,4,7,9H2,1-3H3,(H,17,18). The minimum Gasteiger partial charge on any atom is -0.384 e. The number of anilines is 1. The first-order valence-electron chi connectivity index (χ1n) is 6.49. The van der Waals surface area contributed by atoms with Crippen molar-refractivity contribution in [1.82, 2.24) is 4.98 Å². The molecule has 2 aromatic rings. The molecule has 0 bridgehead atoms. The Hall–Kier alpha value is -1.32. The summed E-state index contributed by atoms with van der Waals surface area (Å²) >= 11 is 6.28. The van der Waals surface area contributed by atoms with E-state index in [1.807, 2.05) is 18.2 Å². The Labute approximate surface area is 118 Å². The van der Waals surface area contributed by atoms with E-state index in [-0.39, 0.29) is 0 Å². The summed E-state index contributed by atoms with van der Waals surface area (Å²) in [6.45, 7) is 5.64. The van der Waals surface area contributed by atoms with Gasteiger partial charge in [0.1, 0.15) is 0 Å². The first-order valence-corrected chi connectivity index (χ1v) is 6.86. The van der Waals surface area contributed by atoms with Crippen LogP contribution in [0.3, 0.4) is 0 Å². The van der Waals surface area contributed by atoms with E-state index in [0.717, 1.165) is 35.2 Å². The van der Waals surface area contributed by atoms with Crippen molar-refractivity contribution >= 4 is 28.2 Å². The van der Waals surface area contributed by atoms with Crippen LogP contribution in [0.15, 0.2) is 18.2 Å². The van der Waals surface area contributed by atoms with E-state index < -0.39 is 0 Å². The van der Waals surface area contributed by atoms with Gasteiger partial charge in [0.25, 0.3) is 0 Å². The van der Waals surface area contributed by atoms with Crippen LogP contribution in [0.5, 0.6) is 0 Å². The van der Waals surface area contributed by atoms with E-state index in [4.69, 9.17) is 16.3 Å². The van der Waals surface area contributed by atoms with Crippen molar-refractivity contribution in [3.05, 3.63) is 34.5 Å². The fraction of sp³-hybridized carbons (Fsp3) is 0.400. The summed E-state index contributed by atoms with van der Waals surface area (Å²) in [5.74, 6) is 0. The minimum atomic E-state index is 0.487. The van der Waals surface area contributed by atoms with Gasteiger partial charge in [0.05, 0.1) is 22.8 Å². The Bertz CT molecular complexity index is 584. The van der Waals surface area contributed by atoms with Crippen LogP contribution in [-0.2, 0) is 11.3 Å². The number of hydrogen-bond acceptors (Lipinski definition) is 3. The molecule has 102 valence electrons. The summed E-state index contributed by atoms with van der Waals surface area (Å²) in [6.07, 6.45) is 1.07. The number of pyridine rings is 1. The summed E-state index contributed by atoms with van der Waals surface area (Å²) in [5.41, 5.74) is 3.99. The summed E-state index contributed by atoms with van der Waals surface area (Å²) in [6, 6.07) is 5.97. The van der Waals surface area contributed by atoms with Crippen LogP contribution in [0.2, 0.25) is 5.02 Å². The summed E-state index contributed by atoms with van der Waals surface area (Å²) < 4.78 is 5.17. The van der Waals surface area contributed by atoms with Crippen LogP contribution < -0.4 is 5.32 Å². The highest BCUT2D eigenvalue weighted by atomic mass is 35.5. The number of benzene rings is 1. The first-order chi connectivity index (χ1) is 9.17. The number of aromatic nitrogens is 1. The van der Waals surface area contributed by atoms with Crippen LogP contribution in [0, 0.1) is 6.92 Å². The van der Waals surface area contributed by atoms with Gasteiger partial charge in [-0.3, -0.25) is 0 Å². The Kier molecular flexibility index (Phi) is 4.61. The summed E-state index contributed by atoms with van der Waals surface area (Å²) in [7, 11) is 1.67. The van der Waals surface area contributed by atoms with Crippen LogP contribution in [0.25, 0.3) is 10.9 Å². The highest BCUT2D eigenvalue weighted by Crippen LogP contribution is 2.31. The molecule has 0 aliphatic rings. The minimum absolute atomic E-state index is 0.487. The number of halogens is 1. The van der Waals surface area contributed by atoms with Crippen molar-refractivity contribution in [2.24, 2.45) is 0 Å². The van der Waals surface area contributed by atoms with Gasteiger partial charge in [0.2, 0.25) is 0 Å². The average Bonchev–Trinajstić information content (AvgIpc) is 2.40. The second-order valence-electron chi connectivity index (χ2n) is 4.61. The van der Waals surface area contributed by atoms with E-state index in [9.17, 15) is 0 Å². The van der Waals surface area contributed by atoms with Crippen molar-refractivity contribution in [2.45, 2.75) is 26.9 Å². The molecule has 0 saturated heterocycles. The lowest BCUT2D eigenvalue weighted by Gasteiger charge is -2.14. The molecule has 4 heteroatoms. The predicted molar refractivity (Wildman–Crippen MR) is 81.0 cm³/mol. The third-order valence-electron chi connectivity index (χ3n) is 3.03. The van der Waals surface area contributed by atoms with Crippen molar-refractivity contribution in [1.29, 1.82) is 0 Å². The normalized spacial score (nSPS) is 10.9. The van der Waals surface area contributed by atoms with Crippen LogP contribution in [-0.4, -0.2) is 18.6 Å². The van der Waals surface area contributed by atoms with Gasteiger partial charge in [-0.15, -0.1) is 0 Å². The molecule has 1 heterocycles. The van der Waals surface area contributed by atoms with Gasteiger partial charge in [-0.25, -0.2) is 4.98 Å². The molecule has 0 aliphatic heterocycles. The molecule has 3 nitrogen and oxygen atoms in total. The third-order valence-corrected chi connectivity index (χ3v) is 3.34. The summed E-state index contributed by atoms with van der Waals surface area (Å²) in [5, 5.41) is 5.23. The Balaban J connectivity index is 2.63. The highest BCUT2D eigenvalue weighted by Gasteiger charge is 2.10. The Morgan fingerprint density at radius 3 is 2.84 bits per heavy atom. The van der Waals surface area contributed by atoms with Crippen molar-refractivity contribution in [3.8, 4) is 0 Å². The van der Waals surface area contributed by atoms with Gasteiger partial charge in [-0.05, 0) is 31.0 Å². The van der Waals surface area contributed by atoms with Crippen molar-refractivity contribution in [2.75, 3.05) is 19.0 Å². The average molecular weight is 279 g/mol. The van der Waals surface area contributed by atoms with Crippen LogP contribution >= 0.6 is 11.6 Å². The molecule has 0 radical (unpaired) electrons. The zero-order valence-electron chi connectivity index (χ0n) is 11.6. The predicted octanol–water partition coefficient (Wildman–Crippen LogP) is 4.16. The SMILES string of the molecule is CCCNc1cc(COC)nc2c(Cl)ccc(C)c12. The van der Waals surface area contributed by atoms with E-state index in [0.29, 0.717) is 11.6 Å². The molecule has 19 heavy (non-hydrogen) atoms. The molecule has 0 saturated carbocycles. The maximum atomic E-state index is 6.28. The number of aryl methyl sites for hydroxylation is 1. The van der Waals surface area contributed by atoms with Gasteiger partial charge in [0.15, 0.2) is 0 Å². The molecule has 0 spiro atoms. The highest BCUT2D eigenvalue weighted by molar-refractivity contribution is 6.35. The number of nitrogens with one attached hydrogen (secondary N) is 1. The lowest BCUT2D eigenvalue weighted by molar-refractivity contribution is 0.182. The van der Waals surface area contributed by atoms with Crippen LogP contribution in [0.1, 0.15) is 24.6 Å². The maximum Gasteiger partial charge on any atom is 0.0915 e. The molecular formula is C15H19ClN2O. The molecule has 0 amide bonds. The fourth-order valence-corrected chi connectivity index (χ4v) is 2.35. The number of fused-ring (bicyclic) bond motifs is 1. The summed E-state index contributed by atoms with van der Waals surface area (Å²) in [4.78, 5) is 4.60. The number of hydrogen-bond donors (Lipinski definition) is 1. The van der Waals surface area contributed by atoms with E-state index in [1.54, 1.807) is 7.11 Å². The van der Waals surface area contributed by atoms with Gasteiger partial charge in [-0.2, -0.15) is 0 Å². The van der Waals surface area contributed by atoms with E-state index in [1.165, 1.54) is 5.56 Å². The van der Waals surface area contributed by atoms with Gasteiger partial charge in [0, 0.05) is 24.7 Å². The maximum absolute atomic E-state index is 6.28. The number of rotatable bonds is 5. The molecule has 1 aromatic heterocycles. The zero-order valence-corrected chi connectivity index (χ0v) is 12.3. The fourth-order valence-electron chi connectivity index (χ4n) is 2.15. The molecule has 2 rings (SSSR count). The second kappa shape index (κ2) is 6.22. The Morgan fingerprint density at radius 1 is 1.37 bits per heavy atom. The lowest BCUT2D eigenvalue weighted by Crippen LogP contribution is -2.04. The smallest absolute Gasteiger partial charge is 0.0915 e. The second-order valence-corrected chi connectivity index (χ2v) is 5.02. The third kappa shape index (κ3) is 2.99. The molecule has 0 fully saturated rings. The van der Waals surface area contributed by atoms with Gasteiger partial charge < -0.3 is 10.1 Å². The number of methoxy groups -OCH3 is 1. The zero-order chi connectivity index (χ0) is 13.8. The van der Waals surface area contributed by atoms with Gasteiger partial charge >= 0.3 is 0 Å². The molecule has 0 unspecified atom stereocenters.